The molecule has 3 rings (SSSR count). The first-order chi connectivity index (χ1) is 7.88. The predicted molar refractivity (Wildman–Crippen MR) is 62.5 cm³/mol. The lowest BCUT2D eigenvalue weighted by Gasteiger charge is -2.08. The zero-order chi connectivity index (χ0) is 11.0. The lowest BCUT2D eigenvalue weighted by atomic mass is 9.96. The molecule has 1 heterocycles. The standard InChI is InChI=1S/C13H13NO2/c15-8-14-9-5-6-13-11(7-9)10-3-1-2-4-12(10)16-13/h5-8H,1-4H2,(H,14,15). The van der Waals surface area contributed by atoms with Crippen LogP contribution in [0.25, 0.3) is 11.0 Å². The first kappa shape index (κ1) is 9.46. The van der Waals surface area contributed by atoms with E-state index < -0.39 is 0 Å². The van der Waals surface area contributed by atoms with Crippen LogP contribution in [0.1, 0.15) is 24.2 Å². The van der Waals surface area contributed by atoms with Gasteiger partial charge in [-0.05, 0) is 37.5 Å². The zero-order valence-electron chi connectivity index (χ0n) is 8.95. The molecular weight excluding hydrogens is 202 g/mol. The van der Waals surface area contributed by atoms with Crippen molar-refractivity contribution in [2.45, 2.75) is 25.7 Å². The Hall–Kier alpha value is -1.77. The van der Waals surface area contributed by atoms with Crippen molar-refractivity contribution in [2.75, 3.05) is 5.32 Å². The Balaban J connectivity index is 2.17. The molecule has 1 amide bonds. The van der Waals surface area contributed by atoms with Crippen molar-refractivity contribution in [3.8, 4) is 0 Å². The highest BCUT2D eigenvalue weighted by Gasteiger charge is 2.17. The molecule has 0 aliphatic heterocycles. The number of amides is 1. The van der Waals surface area contributed by atoms with E-state index in [0.717, 1.165) is 35.3 Å². The Labute approximate surface area is 93.4 Å². The van der Waals surface area contributed by atoms with Crippen molar-refractivity contribution >= 4 is 23.1 Å². The third-order valence-electron chi connectivity index (χ3n) is 3.18. The van der Waals surface area contributed by atoms with E-state index in [2.05, 4.69) is 5.32 Å². The number of furan rings is 1. The first-order valence-electron chi connectivity index (χ1n) is 5.63. The predicted octanol–water partition coefficient (Wildman–Crippen LogP) is 2.88. The summed E-state index contributed by atoms with van der Waals surface area (Å²) in [7, 11) is 0. The molecule has 82 valence electrons. The summed E-state index contributed by atoms with van der Waals surface area (Å²) in [5, 5.41) is 3.83. The Morgan fingerprint density at radius 3 is 3.00 bits per heavy atom. The number of benzene rings is 1. The molecule has 0 unspecified atom stereocenters. The number of hydrogen-bond acceptors (Lipinski definition) is 2. The third-order valence-corrected chi connectivity index (χ3v) is 3.18. The first-order valence-corrected chi connectivity index (χ1v) is 5.63. The van der Waals surface area contributed by atoms with E-state index >= 15 is 0 Å². The minimum atomic E-state index is 0.702. The fourth-order valence-electron chi connectivity index (χ4n) is 2.42. The van der Waals surface area contributed by atoms with Crippen molar-refractivity contribution < 1.29 is 9.21 Å². The molecule has 1 N–H and O–H groups in total. The highest BCUT2D eigenvalue weighted by molar-refractivity contribution is 5.88. The van der Waals surface area contributed by atoms with Gasteiger partial charge < -0.3 is 9.73 Å². The van der Waals surface area contributed by atoms with Crippen LogP contribution in [0.4, 0.5) is 5.69 Å². The maximum atomic E-state index is 10.4. The van der Waals surface area contributed by atoms with E-state index in [4.69, 9.17) is 4.42 Å². The maximum Gasteiger partial charge on any atom is 0.211 e. The number of fused-ring (bicyclic) bond motifs is 3. The molecule has 1 aliphatic carbocycles. The van der Waals surface area contributed by atoms with Gasteiger partial charge in [0, 0.05) is 23.1 Å². The van der Waals surface area contributed by atoms with E-state index in [1.54, 1.807) is 0 Å². The minimum absolute atomic E-state index is 0.702. The number of hydrogen-bond donors (Lipinski definition) is 1. The Morgan fingerprint density at radius 1 is 1.25 bits per heavy atom. The van der Waals surface area contributed by atoms with E-state index in [1.165, 1.54) is 18.4 Å². The normalized spacial score (nSPS) is 14.8. The fraction of sp³-hybridized carbons (Fsp3) is 0.308. The van der Waals surface area contributed by atoms with Crippen LogP contribution in [0, 0.1) is 0 Å². The summed E-state index contributed by atoms with van der Waals surface area (Å²) in [4.78, 5) is 10.4. The second-order valence-electron chi connectivity index (χ2n) is 4.18. The van der Waals surface area contributed by atoms with Crippen LogP contribution in [-0.4, -0.2) is 6.41 Å². The Morgan fingerprint density at radius 2 is 2.12 bits per heavy atom. The summed E-state index contributed by atoms with van der Waals surface area (Å²) in [6.45, 7) is 0. The van der Waals surface area contributed by atoms with Crippen molar-refractivity contribution in [3.63, 3.8) is 0 Å². The van der Waals surface area contributed by atoms with E-state index in [-0.39, 0.29) is 0 Å². The number of aryl methyl sites for hydroxylation is 2. The second-order valence-corrected chi connectivity index (χ2v) is 4.18. The summed E-state index contributed by atoms with van der Waals surface area (Å²) >= 11 is 0. The Kier molecular flexibility index (Phi) is 2.17. The van der Waals surface area contributed by atoms with Gasteiger partial charge in [0.1, 0.15) is 11.3 Å². The van der Waals surface area contributed by atoms with Gasteiger partial charge in [0.05, 0.1) is 0 Å². The van der Waals surface area contributed by atoms with Crippen LogP contribution in [0.2, 0.25) is 0 Å². The molecule has 3 nitrogen and oxygen atoms in total. The third kappa shape index (κ3) is 1.40. The average Bonchev–Trinajstić information content (AvgIpc) is 2.68. The number of anilines is 1. The van der Waals surface area contributed by atoms with Crippen LogP contribution in [0.3, 0.4) is 0 Å². The molecule has 3 heteroatoms. The lowest BCUT2D eigenvalue weighted by Crippen LogP contribution is -1.98. The minimum Gasteiger partial charge on any atom is -0.461 e. The van der Waals surface area contributed by atoms with Crippen molar-refractivity contribution in [1.29, 1.82) is 0 Å². The molecule has 2 aromatic rings. The zero-order valence-corrected chi connectivity index (χ0v) is 8.95. The largest absolute Gasteiger partial charge is 0.461 e. The van der Waals surface area contributed by atoms with Crippen molar-refractivity contribution in [1.82, 2.24) is 0 Å². The average molecular weight is 215 g/mol. The van der Waals surface area contributed by atoms with Gasteiger partial charge in [0.2, 0.25) is 6.41 Å². The number of rotatable bonds is 2. The molecule has 1 aromatic heterocycles. The summed E-state index contributed by atoms with van der Waals surface area (Å²) in [5.41, 5.74) is 3.09. The van der Waals surface area contributed by atoms with Crippen LogP contribution < -0.4 is 5.32 Å². The number of nitrogens with one attached hydrogen (secondary N) is 1. The lowest BCUT2D eigenvalue weighted by molar-refractivity contribution is -0.105. The van der Waals surface area contributed by atoms with Gasteiger partial charge >= 0.3 is 0 Å². The van der Waals surface area contributed by atoms with Crippen LogP contribution in [0.15, 0.2) is 22.6 Å². The molecular formula is C13H13NO2. The molecule has 1 aliphatic rings. The van der Waals surface area contributed by atoms with Crippen molar-refractivity contribution in [2.24, 2.45) is 0 Å². The fourth-order valence-corrected chi connectivity index (χ4v) is 2.42. The number of carbonyl (C=O) groups excluding carboxylic acids is 1. The van der Waals surface area contributed by atoms with Crippen molar-refractivity contribution in [3.05, 3.63) is 29.5 Å². The van der Waals surface area contributed by atoms with Gasteiger partial charge in [-0.2, -0.15) is 0 Å². The van der Waals surface area contributed by atoms with Gasteiger partial charge in [0.15, 0.2) is 0 Å². The molecule has 16 heavy (non-hydrogen) atoms. The van der Waals surface area contributed by atoms with Crippen LogP contribution in [-0.2, 0) is 17.6 Å². The summed E-state index contributed by atoms with van der Waals surface area (Å²) in [6, 6.07) is 5.79. The monoisotopic (exact) mass is 215 g/mol. The number of carbonyl (C=O) groups is 1. The summed E-state index contributed by atoms with van der Waals surface area (Å²) in [5.74, 6) is 1.13. The second kappa shape index (κ2) is 3.67. The molecule has 0 fully saturated rings. The van der Waals surface area contributed by atoms with E-state index in [0.29, 0.717) is 6.41 Å². The molecule has 0 bridgehead atoms. The quantitative estimate of drug-likeness (QED) is 0.783. The highest BCUT2D eigenvalue weighted by atomic mass is 16.3. The summed E-state index contributed by atoms with van der Waals surface area (Å²) < 4.78 is 5.81. The molecule has 0 spiro atoms. The van der Waals surface area contributed by atoms with E-state index in [9.17, 15) is 4.79 Å². The smallest absolute Gasteiger partial charge is 0.211 e. The van der Waals surface area contributed by atoms with E-state index in [1.807, 2.05) is 18.2 Å². The molecule has 1 aromatic carbocycles. The molecule has 0 saturated carbocycles. The maximum absolute atomic E-state index is 10.4. The topological polar surface area (TPSA) is 42.2 Å². The van der Waals surface area contributed by atoms with Gasteiger partial charge in [0.25, 0.3) is 0 Å². The van der Waals surface area contributed by atoms with Gasteiger partial charge in [-0.1, -0.05) is 0 Å². The van der Waals surface area contributed by atoms with Crippen LogP contribution in [0.5, 0.6) is 0 Å². The van der Waals surface area contributed by atoms with Crippen LogP contribution >= 0.6 is 0 Å². The Bertz CT molecular complexity index is 542. The van der Waals surface area contributed by atoms with Gasteiger partial charge in [-0.3, -0.25) is 4.79 Å². The molecule has 0 saturated heterocycles. The summed E-state index contributed by atoms with van der Waals surface area (Å²) in [6.07, 6.45) is 5.28. The highest BCUT2D eigenvalue weighted by Crippen LogP contribution is 2.33. The SMILES string of the molecule is O=CNc1ccc2oc3c(c2c1)CCCC3. The van der Waals surface area contributed by atoms with Gasteiger partial charge in [-0.25, -0.2) is 0 Å². The molecule has 0 atom stereocenters. The van der Waals surface area contributed by atoms with Gasteiger partial charge in [-0.15, -0.1) is 0 Å². The molecule has 0 radical (unpaired) electrons.